The molecule has 1 saturated heterocycles. The summed E-state index contributed by atoms with van der Waals surface area (Å²) < 4.78 is 25.3. The van der Waals surface area contributed by atoms with Crippen LogP contribution in [0.2, 0.25) is 0 Å². The summed E-state index contributed by atoms with van der Waals surface area (Å²) in [6.07, 6.45) is 4.29. The number of rotatable bonds is 6. The molecule has 2 amide bonds. The van der Waals surface area contributed by atoms with Gasteiger partial charge in [-0.1, -0.05) is 36.4 Å². The summed E-state index contributed by atoms with van der Waals surface area (Å²) in [6, 6.07) is 12.9. The lowest BCUT2D eigenvalue weighted by molar-refractivity contribution is -0.153. The summed E-state index contributed by atoms with van der Waals surface area (Å²) in [5.74, 6) is -0.838. The molecule has 2 aromatic rings. The Morgan fingerprint density at radius 3 is 2.48 bits per heavy atom. The smallest absolute Gasteiger partial charge is 0.247 e. The monoisotopic (exact) mass is 416 g/mol. The third kappa shape index (κ3) is 4.80. The van der Waals surface area contributed by atoms with Crippen LogP contribution >= 0.6 is 0 Å². The van der Waals surface area contributed by atoms with Gasteiger partial charge in [0.2, 0.25) is 21.8 Å². The Morgan fingerprint density at radius 1 is 1.17 bits per heavy atom. The standard InChI is InChI=1S/C20H24N4O4S/c1-20(19(26)22-12-16-7-4-3-5-8-16)15-23(29(2,27)28)14-18(25)24(20)13-17-9-6-10-21-11-17/h3-11H,12-15H2,1-2H3,(H,22,26). The number of piperazine rings is 1. The van der Waals surface area contributed by atoms with Gasteiger partial charge in [0.15, 0.2) is 0 Å². The molecule has 1 aromatic carbocycles. The molecule has 1 unspecified atom stereocenters. The fourth-order valence-corrected chi connectivity index (χ4v) is 4.16. The lowest BCUT2D eigenvalue weighted by Crippen LogP contribution is -2.69. The van der Waals surface area contributed by atoms with Crippen molar-refractivity contribution < 1.29 is 18.0 Å². The molecule has 1 fully saturated rings. The van der Waals surface area contributed by atoms with Gasteiger partial charge in [-0.05, 0) is 24.1 Å². The number of nitrogens with one attached hydrogen (secondary N) is 1. The Hall–Kier alpha value is -2.78. The number of sulfonamides is 1. The summed E-state index contributed by atoms with van der Waals surface area (Å²) >= 11 is 0. The van der Waals surface area contributed by atoms with Gasteiger partial charge in [-0.15, -0.1) is 0 Å². The van der Waals surface area contributed by atoms with Gasteiger partial charge >= 0.3 is 0 Å². The van der Waals surface area contributed by atoms with Crippen molar-refractivity contribution in [2.75, 3.05) is 19.3 Å². The van der Waals surface area contributed by atoms with Gasteiger partial charge < -0.3 is 10.2 Å². The third-order valence-electron chi connectivity index (χ3n) is 5.01. The maximum Gasteiger partial charge on any atom is 0.247 e. The lowest BCUT2D eigenvalue weighted by Gasteiger charge is -2.46. The molecule has 3 rings (SSSR count). The van der Waals surface area contributed by atoms with E-state index in [0.717, 1.165) is 21.7 Å². The Morgan fingerprint density at radius 2 is 1.86 bits per heavy atom. The van der Waals surface area contributed by atoms with Crippen LogP contribution in [-0.2, 0) is 32.7 Å². The van der Waals surface area contributed by atoms with Crippen LogP contribution in [0, 0.1) is 0 Å². The van der Waals surface area contributed by atoms with Crippen LogP contribution < -0.4 is 5.32 Å². The molecule has 0 aliphatic carbocycles. The average Bonchev–Trinajstić information content (AvgIpc) is 2.69. The van der Waals surface area contributed by atoms with E-state index in [1.54, 1.807) is 25.4 Å². The van der Waals surface area contributed by atoms with Gasteiger partial charge in [-0.25, -0.2) is 8.42 Å². The summed E-state index contributed by atoms with van der Waals surface area (Å²) in [4.78, 5) is 31.5. The van der Waals surface area contributed by atoms with Crippen LogP contribution in [0.5, 0.6) is 0 Å². The zero-order valence-corrected chi connectivity index (χ0v) is 17.2. The van der Waals surface area contributed by atoms with Crippen LogP contribution in [-0.4, -0.2) is 59.3 Å². The number of pyridine rings is 1. The highest BCUT2D eigenvalue weighted by molar-refractivity contribution is 7.88. The summed E-state index contributed by atoms with van der Waals surface area (Å²) in [6.45, 7) is 1.64. The molecule has 9 heteroatoms. The second kappa shape index (κ2) is 8.30. The zero-order valence-electron chi connectivity index (χ0n) is 16.4. The summed E-state index contributed by atoms with van der Waals surface area (Å²) in [7, 11) is -3.63. The molecule has 1 aliphatic heterocycles. The minimum absolute atomic E-state index is 0.113. The highest BCUT2D eigenvalue weighted by Crippen LogP contribution is 2.26. The van der Waals surface area contributed by atoms with E-state index in [1.807, 2.05) is 36.4 Å². The number of nitrogens with zero attached hydrogens (tertiary/aromatic N) is 3. The van der Waals surface area contributed by atoms with Crippen LogP contribution in [0.25, 0.3) is 0 Å². The first-order valence-corrected chi connectivity index (χ1v) is 11.0. The van der Waals surface area contributed by atoms with E-state index in [9.17, 15) is 18.0 Å². The first-order valence-electron chi connectivity index (χ1n) is 9.17. The number of amides is 2. The van der Waals surface area contributed by atoms with Gasteiger partial charge in [0.05, 0.1) is 12.8 Å². The number of benzene rings is 1. The van der Waals surface area contributed by atoms with Crippen molar-refractivity contribution in [2.45, 2.75) is 25.6 Å². The first-order chi connectivity index (χ1) is 13.7. The van der Waals surface area contributed by atoms with E-state index < -0.39 is 27.4 Å². The van der Waals surface area contributed by atoms with Crippen molar-refractivity contribution in [1.82, 2.24) is 19.5 Å². The molecule has 1 atom stereocenters. The van der Waals surface area contributed by atoms with Crippen molar-refractivity contribution in [1.29, 1.82) is 0 Å². The van der Waals surface area contributed by atoms with E-state index in [1.165, 1.54) is 4.90 Å². The normalized spacial score (nSPS) is 20.5. The van der Waals surface area contributed by atoms with Crippen molar-refractivity contribution in [3.05, 3.63) is 66.0 Å². The Balaban J connectivity index is 1.88. The molecule has 0 saturated carbocycles. The predicted octanol–water partition coefficient (Wildman–Crippen LogP) is 0.761. The van der Waals surface area contributed by atoms with Crippen molar-refractivity contribution >= 4 is 21.8 Å². The Labute approximate surface area is 170 Å². The number of hydrogen-bond donors (Lipinski definition) is 1. The summed E-state index contributed by atoms with van der Waals surface area (Å²) in [5, 5.41) is 2.85. The minimum atomic E-state index is -3.63. The molecule has 154 valence electrons. The number of carbonyl (C=O) groups is 2. The second-order valence-electron chi connectivity index (χ2n) is 7.31. The van der Waals surface area contributed by atoms with E-state index in [-0.39, 0.29) is 26.2 Å². The topological polar surface area (TPSA) is 99.7 Å². The Bertz CT molecular complexity index is 982. The van der Waals surface area contributed by atoms with Crippen LogP contribution in [0.15, 0.2) is 54.9 Å². The van der Waals surface area contributed by atoms with E-state index in [0.29, 0.717) is 0 Å². The minimum Gasteiger partial charge on any atom is -0.350 e. The van der Waals surface area contributed by atoms with Crippen LogP contribution in [0.1, 0.15) is 18.1 Å². The quantitative estimate of drug-likeness (QED) is 0.750. The summed E-state index contributed by atoms with van der Waals surface area (Å²) in [5.41, 5.74) is 0.310. The van der Waals surface area contributed by atoms with Crippen molar-refractivity contribution in [3.63, 3.8) is 0 Å². The van der Waals surface area contributed by atoms with Crippen LogP contribution in [0.4, 0.5) is 0 Å². The highest BCUT2D eigenvalue weighted by atomic mass is 32.2. The largest absolute Gasteiger partial charge is 0.350 e. The Kier molecular flexibility index (Phi) is 5.99. The van der Waals surface area contributed by atoms with E-state index in [4.69, 9.17) is 0 Å². The number of carbonyl (C=O) groups excluding carboxylic acids is 2. The SMILES string of the molecule is CC1(C(=O)NCc2ccccc2)CN(S(C)(=O)=O)CC(=O)N1Cc1cccnc1. The average molecular weight is 417 g/mol. The maximum atomic E-state index is 13.2. The third-order valence-corrected chi connectivity index (χ3v) is 6.21. The molecule has 1 aliphatic rings. The fourth-order valence-electron chi connectivity index (χ4n) is 3.33. The zero-order chi connectivity index (χ0) is 21.1. The lowest BCUT2D eigenvalue weighted by atomic mass is 9.94. The van der Waals surface area contributed by atoms with E-state index >= 15 is 0 Å². The number of hydrogen-bond acceptors (Lipinski definition) is 5. The molecule has 1 N–H and O–H groups in total. The molecule has 2 heterocycles. The predicted molar refractivity (Wildman–Crippen MR) is 108 cm³/mol. The van der Waals surface area contributed by atoms with Gasteiger partial charge in [0, 0.05) is 32.0 Å². The molecule has 0 spiro atoms. The maximum absolute atomic E-state index is 13.2. The van der Waals surface area contributed by atoms with Crippen LogP contribution in [0.3, 0.4) is 0 Å². The van der Waals surface area contributed by atoms with Gasteiger partial charge in [-0.3, -0.25) is 14.6 Å². The van der Waals surface area contributed by atoms with Gasteiger partial charge in [0.25, 0.3) is 0 Å². The van der Waals surface area contributed by atoms with Crippen molar-refractivity contribution in [3.8, 4) is 0 Å². The van der Waals surface area contributed by atoms with E-state index in [2.05, 4.69) is 10.3 Å². The molecule has 8 nitrogen and oxygen atoms in total. The highest BCUT2D eigenvalue weighted by Gasteiger charge is 2.49. The fraction of sp³-hybridized carbons (Fsp3) is 0.350. The number of aromatic nitrogens is 1. The van der Waals surface area contributed by atoms with Crippen molar-refractivity contribution in [2.24, 2.45) is 0 Å². The molecule has 29 heavy (non-hydrogen) atoms. The molecule has 0 bridgehead atoms. The second-order valence-corrected chi connectivity index (χ2v) is 9.30. The van der Waals surface area contributed by atoms with Gasteiger partial charge in [-0.2, -0.15) is 4.31 Å². The molecular weight excluding hydrogens is 392 g/mol. The molecule has 1 aromatic heterocycles. The molecular formula is C20H24N4O4S. The first kappa shape index (κ1) is 20.9. The van der Waals surface area contributed by atoms with Gasteiger partial charge in [0.1, 0.15) is 5.54 Å². The molecule has 0 radical (unpaired) electrons.